The van der Waals surface area contributed by atoms with Crippen molar-refractivity contribution in [1.82, 2.24) is 14.8 Å². The molecular formula is C15H15N5S. The minimum Gasteiger partial charge on any atom is -0.389 e. The number of hydrogen-bond acceptors (Lipinski definition) is 4. The molecule has 3 N–H and O–H groups in total. The third-order valence-corrected chi connectivity index (χ3v) is 3.42. The van der Waals surface area contributed by atoms with Gasteiger partial charge >= 0.3 is 0 Å². The molecular weight excluding hydrogens is 282 g/mol. The summed E-state index contributed by atoms with van der Waals surface area (Å²) in [6.45, 7) is 0.571. The molecule has 5 nitrogen and oxygen atoms in total. The van der Waals surface area contributed by atoms with Crippen LogP contribution in [0.3, 0.4) is 0 Å². The second kappa shape index (κ2) is 5.49. The van der Waals surface area contributed by atoms with Gasteiger partial charge in [0.05, 0.1) is 23.3 Å². The van der Waals surface area contributed by atoms with Crippen LogP contribution in [-0.4, -0.2) is 19.8 Å². The Kier molecular flexibility index (Phi) is 3.53. The maximum Gasteiger partial charge on any atom is 0.137 e. The van der Waals surface area contributed by atoms with Crippen molar-refractivity contribution in [2.24, 2.45) is 12.8 Å². The molecule has 0 amide bonds. The number of rotatable bonds is 4. The number of para-hydroxylation sites is 1. The second-order valence-corrected chi connectivity index (χ2v) is 5.22. The first-order valence-electron chi connectivity index (χ1n) is 6.55. The number of nitrogens with two attached hydrogens (primary N) is 1. The van der Waals surface area contributed by atoms with Gasteiger partial charge in [-0.2, -0.15) is 5.10 Å². The number of anilines is 1. The van der Waals surface area contributed by atoms with E-state index in [1.54, 1.807) is 4.68 Å². The minimum absolute atomic E-state index is 0.330. The van der Waals surface area contributed by atoms with E-state index in [0.29, 0.717) is 17.4 Å². The van der Waals surface area contributed by atoms with Gasteiger partial charge in [0, 0.05) is 18.6 Å². The highest BCUT2D eigenvalue weighted by Crippen LogP contribution is 2.20. The van der Waals surface area contributed by atoms with Crippen LogP contribution < -0.4 is 11.1 Å². The smallest absolute Gasteiger partial charge is 0.137 e. The summed E-state index contributed by atoms with van der Waals surface area (Å²) in [5, 5.41) is 8.60. The Hall–Kier alpha value is -2.47. The normalized spacial score (nSPS) is 10.7. The van der Waals surface area contributed by atoms with Crippen molar-refractivity contribution in [3.63, 3.8) is 0 Å². The van der Waals surface area contributed by atoms with E-state index >= 15 is 0 Å². The third kappa shape index (κ3) is 2.85. The summed E-state index contributed by atoms with van der Waals surface area (Å²) in [7, 11) is 1.89. The first-order chi connectivity index (χ1) is 10.1. The van der Waals surface area contributed by atoms with Crippen molar-refractivity contribution in [2.45, 2.75) is 6.54 Å². The van der Waals surface area contributed by atoms with Crippen molar-refractivity contribution in [3.8, 4) is 0 Å². The number of aryl methyl sites for hydroxylation is 1. The highest BCUT2D eigenvalue weighted by molar-refractivity contribution is 7.80. The molecule has 0 radical (unpaired) electrons. The first kappa shape index (κ1) is 13.5. The second-order valence-electron chi connectivity index (χ2n) is 4.78. The lowest BCUT2D eigenvalue weighted by atomic mass is 10.1. The van der Waals surface area contributed by atoms with E-state index in [-0.39, 0.29) is 0 Å². The van der Waals surface area contributed by atoms with Gasteiger partial charge in [-0.1, -0.05) is 30.4 Å². The number of thiocarbonyl (C=S) groups is 1. The fraction of sp³-hybridized carbons (Fsp3) is 0.133. The SMILES string of the molecule is Cn1ccc(CNc2nc3ccccc3cc2C(N)=S)n1. The van der Waals surface area contributed by atoms with Gasteiger partial charge in [0.1, 0.15) is 10.8 Å². The van der Waals surface area contributed by atoms with Crippen LogP contribution in [0.2, 0.25) is 0 Å². The van der Waals surface area contributed by atoms with Gasteiger partial charge < -0.3 is 11.1 Å². The quantitative estimate of drug-likeness (QED) is 0.723. The number of pyridine rings is 1. The molecule has 6 heteroatoms. The summed E-state index contributed by atoms with van der Waals surface area (Å²) in [4.78, 5) is 4.94. The maximum absolute atomic E-state index is 5.81. The molecule has 2 heterocycles. The molecule has 21 heavy (non-hydrogen) atoms. The van der Waals surface area contributed by atoms with Crippen LogP contribution in [0, 0.1) is 0 Å². The average molecular weight is 297 g/mol. The molecule has 0 aliphatic heterocycles. The van der Waals surface area contributed by atoms with E-state index in [2.05, 4.69) is 15.4 Å². The highest BCUT2D eigenvalue weighted by Gasteiger charge is 2.09. The fourth-order valence-electron chi connectivity index (χ4n) is 2.17. The summed E-state index contributed by atoms with van der Waals surface area (Å²) in [5.74, 6) is 0.687. The Morgan fingerprint density at radius 1 is 1.33 bits per heavy atom. The van der Waals surface area contributed by atoms with Crippen LogP contribution >= 0.6 is 12.2 Å². The Bertz CT molecular complexity index is 809. The zero-order valence-electron chi connectivity index (χ0n) is 11.6. The summed E-state index contributed by atoms with van der Waals surface area (Å²) in [6.07, 6.45) is 1.90. The molecule has 3 aromatic rings. The van der Waals surface area contributed by atoms with E-state index < -0.39 is 0 Å². The molecule has 0 saturated carbocycles. The number of benzene rings is 1. The maximum atomic E-state index is 5.81. The lowest BCUT2D eigenvalue weighted by Gasteiger charge is -2.11. The Morgan fingerprint density at radius 2 is 2.14 bits per heavy atom. The summed E-state index contributed by atoms with van der Waals surface area (Å²) in [6, 6.07) is 11.8. The van der Waals surface area contributed by atoms with Gasteiger partial charge in [0.2, 0.25) is 0 Å². The molecule has 0 aliphatic carbocycles. The van der Waals surface area contributed by atoms with Crippen LogP contribution in [0.15, 0.2) is 42.6 Å². The van der Waals surface area contributed by atoms with Crippen LogP contribution in [0.4, 0.5) is 5.82 Å². The molecule has 0 saturated heterocycles. The number of hydrogen-bond donors (Lipinski definition) is 2. The monoisotopic (exact) mass is 297 g/mol. The van der Waals surface area contributed by atoms with E-state index in [1.165, 1.54) is 0 Å². The van der Waals surface area contributed by atoms with Crippen LogP contribution in [0.5, 0.6) is 0 Å². The van der Waals surface area contributed by atoms with Gasteiger partial charge in [0.15, 0.2) is 0 Å². The Morgan fingerprint density at radius 3 is 2.86 bits per heavy atom. The van der Waals surface area contributed by atoms with Crippen molar-refractivity contribution >= 4 is 33.9 Å². The minimum atomic E-state index is 0.330. The predicted octanol–water partition coefficient (Wildman–Crippen LogP) is 2.21. The fourth-order valence-corrected chi connectivity index (χ4v) is 2.33. The summed E-state index contributed by atoms with van der Waals surface area (Å²) in [5.41, 5.74) is 8.40. The molecule has 106 valence electrons. The molecule has 3 rings (SSSR count). The van der Waals surface area contributed by atoms with E-state index in [4.69, 9.17) is 18.0 Å². The summed E-state index contributed by atoms with van der Waals surface area (Å²) >= 11 is 5.13. The van der Waals surface area contributed by atoms with E-state index in [9.17, 15) is 0 Å². The lowest BCUT2D eigenvalue weighted by Crippen LogP contribution is -2.14. The van der Waals surface area contributed by atoms with Crippen LogP contribution in [-0.2, 0) is 13.6 Å². The van der Waals surface area contributed by atoms with Gasteiger partial charge in [-0.05, 0) is 18.2 Å². The van der Waals surface area contributed by atoms with Gasteiger partial charge in [0.25, 0.3) is 0 Å². The average Bonchev–Trinajstić information content (AvgIpc) is 2.89. The van der Waals surface area contributed by atoms with Crippen molar-refractivity contribution in [1.29, 1.82) is 0 Å². The van der Waals surface area contributed by atoms with Crippen LogP contribution in [0.25, 0.3) is 10.9 Å². The predicted molar refractivity (Wildman–Crippen MR) is 88.2 cm³/mol. The van der Waals surface area contributed by atoms with Crippen molar-refractivity contribution < 1.29 is 0 Å². The molecule has 0 atom stereocenters. The zero-order chi connectivity index (χ0) is 14.8. The molecule has 1 aromatic carbocycles. The molecule has 0 spiro atoms. The standard InChI is InChI=1S/C15H15N5S/c1-20-7-6-11(19-20)9-17-15-12(14(16)21)8-10-4-2-3-5-13(10)18-15/h2-8H,9H2,1H3,(H2,16,21)(H,17,18). The molecule has 2 aromatic heterocycles. The Balaban J connectivity index is 1.95. The number of nitrogens with zero attached hydrogens (tertiary/aromatic N) is 3. The molecule has 0 bridgehead atoms. The summed E-state index contributed by atoms with van der Waals surface area (Å²) < 4.78 is 1.76. The number of fused-ring (bicyclic) bond motifs is 1. The van der Waals surface area contributed by atoms with Gasteiger partial charge in [-0.15, -0.1) is 0 Å². The third-order valence-electron chi connectivity index (χ3n) is 3.20. The first-order valence-corrected chi connectivity index (χ1v) is 6.96. The number of nitrogens with one attached hydrogen (secondary N) is 1. The van der Waals surface area contributed by atoms with Crippen LogP contribution in [0.1, 0.15) is 11.3 Å². The molecule has 0 fully saturated rings. The topological polar surface area (TPSA) is 68.8 Å². The number of aromatic nitrogens is 3. The molecule has 0 aliphatic rings. The van der Waals surface area contributed by atoms with E-state index in [0.717, 1.165) is 22.2 Å². The lowest BCUT2D eigenvalue weighted by molar-refractivity contribution is 0.747. The Labute approximate surface area is 127 Å². The zero-order valence-corrected chi connectivity index (χ0v) is 12.4. The molecule has 0 unspecified atom stereocenters. The van der Waals surface area contributed by atoms with Crippen molar-refractivity contribution in [2.75, 3.05) is 5.32 Å². The largest absolute Gasteiger partial charge is 0.389 e. The van der Waals surface area contributed by atoms with Gasteiger partial charge in [-0.3, -0.25) is 4.68 Å². The highest BCUT2D eigenvalue weighted by atomic mass is 32.1. The van der Waals surface area contributed by atoms with Crippen molar-refractivity contribution in [3.05, 3.63) is 53.9 Å². The van der Waals surface area contributed by atoms with Gasteiger partial charge in [-0.25, -0.2) is 4.98 Å². The van der Waals surface area contributed by atoms with E-state index in [1.807, 2.05) is 49.6 Å².